The number of amides is 1. The molecule has 1 aromatic carbocycles. The van der Waals surface area contributed by atoms with Crippen molar-refractivity contribution >= 4 is 28.2 Å². The molecule has 0 radical (unpaired) electrons. The van der Waals surface area contributed by atoms with Gasteiger partial charge in [0.05, 0.1) is 4.88 Å². The van der Waals surface area contributed by atoms with Crippen LogP contribution in [0, 0.1) is 0 Å². The third kappa shape index (κ3) is 4.46. The third-order valence-electron chi connectivity index (χ3n) is 4.66. The molecule has 0 bridgehead atoms. The summed E-state index contributed by atoms with van der Waals surface area (Å²) in [6, 6.07) is 12.3. The number of hydrogen-bond acceptors (Lipinski definition) is 5. The number of carbonyl (C=O) groups is 1. The first-order chi connectivity index (χ1) is 14.7. The molecule has 6 nitrogen and oxygen atoms in total. The molecule has 0 fully saturated rings. The van der Waals surface area contributed by atoms with Gasteiger partial charge in [-0.05, 0) is 46.2 Å². The van der Waals surface area contributed by atoms with Gasteiger partial charge >= 0.3 is 6.09 Å². The predicted octanol–water partition coefficient (Wildman–Crippen LogP) is 6.27. The maximum Gasteiger partial charge on any atom is 0.416 e. The summed E-state index contributed by atoms with van der Waals surface area (Å²) in [7, 11) is 0. The Morgan fingerprint density at radius 2 is 1.87 bits per heavy atom. The Kier molecular flexibility index (Phi) is 5.54. The van der Waals surface area contributed by atoms with Gasteiger partial charge in [-0.15, -0.1) is 0 Å². The van der Waals surface area contributed by atoms with Crippen molar-refractivity contribution in [1.82, 2.24) is 14.4 Å². The van der Waals surface area contributed by atoms with Gasteiger partial charge in [-0.25, -0.2) is 14.8 Å². The second-order valence-corrected chi connectivity index (χ2v) is 9.63. The predicted molar refractivity (Wildman–Crippen MR) is 126 cm³/mol. The topological polar surface area (TPSA) is 59.7 Å². The Labute approximate surface area is 186 Å². The lowest BCUT2D eigenvalue weighted by atomic mass is 10.0. The molecule has 0 N–H and O–H groups in total. The standard InChI is InChI=1S/C24H26N4O2S/c1-16(2)28(23(29)30-24(3,4)5)22-26-14-20(31-22)18-13-19(17-9-7-6-8-10-17)21-25-11-12-27(21)15-18/h6-16H,1-5H3. The zero-order valence-electron chi connectivity index (χ0n) is 18.4. The van der Waals surface area contributed by atoms with Crippen LogP contribution in [-0.4, -0.2) is 32.1 Å². The molecule has 4 aromatic rings. The minimum absolute atomic E-state index is 0.0788. The summed E-state index contributed by atoms with van der Waals surface area (Å²) in [5.41, 5.74) is 3.49. The largest absolute Gasteiger partial charge is 0.443 e. The van der Waals surface area contributed by atoms with Crippen LogP contribution in [0.25, 0.3) is 27.2 Å². The molecule has 0 saturated carbocycles. The summed E-state index contributed by atoms with van der Waals surface area (Å²) in [5.74, 6) is 0. The fourth-order valence-electron chi connectivity index (χ4n) is 3.33. The van der Waals surface area contributed by atoms with Crippen molar-refractivity contribution < 1.29 is 9.53 Å². The quantitative estimate of drug-likeness (QED) is 0.379. The van der Waals surface area contributed by atoms with Crippen LogP contribution in [-0.2, 0) is 4.74 Å². The summed E-state index contributed by atoms with van der Waals surface area (Å²) in [5, 5.41) is 0.617. The number of hydrogen-bond donors (Lipinski definition) is 0. The molecule has 7 heteroatoms. The number of imidazole rings is 1. The third-order valence-corrected chi connectivity index (χ3v) is 5.71. The van der Waals surface area contributed by atoms with Crippen LogP contribution in [0.3, 0.4) is 0 Å². The van der Waals surface area contributed by atoms with E-state index >= 15 is 0 Å². The van der Waals surface area contributed by atoms with Crippen molar-refractivity contribution in [3.05, 3.63) is 61.2 Å². The first-order valence-corrected chi connectivity index (χ1v) is 11.0. The maximum absolute atomic E-state index is 12.8. The number of nitrogens with zero attached hydrogens (tertiary/aromatic N) is 4. The number of carbonyl (C=O) groups excluding carboxylic acids is 1. The lowest BCUT2D eigenvalue weighted by molar-refractivity contribution is 0.0570. The number of rotatable bonds is 4. The number of thiazole rings is 1. The van der Waals surface area contributed by atoms with Gasteiger partial charge in [0, 0.05) is 42.0 Å². The fourth-order valence-corrected chi connectivity index (χ4v) is 4.35. The summed E-state index contributed by atoms with van der Waals surface area (Å²) in [6.07, 6.45) is 7.20. The highest BCUT2D eigenvalue weighted by Gasteiger charge is 2.28. The molecule has 0 spiro atoms. The van der Waals surface area contributed by atoms with E-state index < -0.39 is 11.7 Å². The van der Waals surface area contributed by atoms with Gasteiger partial charge in [0.25, 0.3) is 0 Å². The number of benzene rings is 1. The van der Waals surface area contributed by atoms with E-state index in [1.165, 1.54) is 11.3 Å². The van der Waals surface area contributed by atoms with Crippen molar-refractivity contribution in [2.75, 3.05) is 4.90 Å². The van der Waals surface area contributed by atoms with Gasteiger partial charge in [-0.3, -0.25) is 4.90 Å². The van der Waals surface area contributed by atoms with Crippen molar-refractivity contribution in [3.63, 3.8) is 0 Å². The van der Waals surface area contributed by atoms with Crippen LogP contribution in [0.2, 0.25) is 0 Å². The average Bonchev–Trinajstić information content (AvgIpc) is 3.35. The molecule has 0 atom stereocenters. The zero-order valence-corrected chi connectivity index (χ0v) is 19.2. The van der Waals surface area contributed by atoms with Crippen LogP contribution in [0.5, 0.6) is 0 Å². The average molecular weight is 435 g/mol. The number of anilines is 1. The summed E-state index contributed by atoms with van der Waals surface area (Å²) in [4.78, 5) is 24.4. The Morgan fingerprint density at radius 1 is 1.13 bits per heavy atom. The van der Waals surface area contributed by atoms with Crippen LogP contribution in [0.15, 0.2) is 61.2 Å². The SMILES string of the molecule is CC(C)N(C(=O)OC(C)(C)C)c1ncc(-c2cc(-c3ccccc3)c3nccn3c2)s1. The molecule has 160 valence electrons. The van der Waals surface area contributed by atoms with Gasteiger partial charge in [0.15, 0.2) is 5.13 Å². The molecule has 1 amide bonds. The van der Waals surface area contributed by atoms with E-state index in [4.69, 9.17) is 4.74 Å². The van der Waals surface area contributed by atoms with E-state index in [0.29, 0.717) is 5.13 Å². The van der Waals surface area contributed by atoms with Crippen molar-refractivity contribution in [1.29, 1.82) is 0 Å². The zero-order chi connectivity index (χ0) is 22.2. The Hall–Kier alpha value is -3.19. The van der Waals surface area contributed by atoms with Gasteiger partial charge in [0.2, 0.25) is 0 Å². The van der Waals surface area contributed by atoms with E-state index in [1.807, 2.05) is 75.8 Å². The first-order valence-electron chi connectivity index (χ1n) is 10.2. The lowest BCUT2D eigenvalue weighted by Gasteiger charge is -2.28. The Morgan fingerprint density at radius 3 is 2.55 bits per heavy atom. The summed E-state index contributed by atoms with van der Waals surface area (Å²) >= 11 is 1.47. The molecule has 0 aliphatic rings. The maximum atomic E-state index is 12.8. The fraction of sp³-hybridized carbons (Fsp3) is 0.292. The van der Waals surface area contributed by atoms with Crippen LogP contribution >= 0.6 is 11.3 Å². The monoisotopic (exact) mass is 434 g/mol. The van der Waals surface area contributed by atoms with E-state index in [-0.39, 0.29) is 6.04 Å². The number of aromatic nitrogens is 3. The molecule has 4 rings (SSSR count). The highest BCUT2D eigenvalue weighted by atomic mass is 32.1. The second-order valence-electron chi connectivity index (χ2n) is 8.62. The minimum Gasteiger partial charge on any atom is -0.443 e. The summed E-state index contributed by atoms with van der Waals surface area (Å²) < 4.78 is 7.61. The van der Waals surface area contributed by atoms with Crippen LogP contribution in [0.1, 0.15) is 34.6 Å². The molecule has 3 heterocycles. The molecule has 0 saturated heterocycles. The molecule has 0 aliphatic carbocycles. The van der Waals surface area contributed by atoms with E-state index in [9.17, 15) is 4.79 Å². The van der Waals surface area contributed by atoms with E-state index in [2.05, 4.69) is 28.2 Å². The summed E-state index contributed by atoms with van der Waals surface area (Å²) in [6.45, 7) is 9.50. The van der Waals surface area contributed by atoms with Gasteiger partial charge in [-0.2, -0.15) is 0 Å². The van der Waals surface area contributed by atoms with E-state index in [1.54, 1.807) is 11.1 Å². The first kappa shape index (κ1) is 21.1. The van der Waals surface area contributed by atoms with Crippen LogP contribution in [0.4, 0.5) is 9.93 Å². The van der Waals surface area contributed by atoms with Crippen molar-refractivity contribution in [2.45, 2.75) is 46.3 Å². The lowest BCUT2D eigenvalue weighted by Crippen LogP contribution is -2.41. The van der Waals surface area contributed by atoms with Gasteiger partial charge < -0.3 is 9.14 Å². The molecular weight excluding hydrogens is 408 g/mol. The smallest absolute Gasteiger partial charge is 0.416 e. The number of fused-ring (bicyclic) bond motifs is 1. The molecule has 31 heavy (non-hydrogen) atoms. The highest BCUT2D eigenvalue weighted by Crippen LogP contribution is 2.35. The normalized spacial score (nSPS) is 11.8. The Balaban J connectivity index is 1.74. The molecular formula is C24H26N4O2S. The second kappa shape index (κ2) is 8.15. The molecule has 0 unspecified atom stereocenters. The van der Waals surface area contributed by atoms with Gasteiger partial charge in [-0.1, -0.05) is 41.7 Å². The van der Waals surface area contributed by atoms with Crippen LogP contribution < -0.4 is 4.90 Å². The minimum atomic E-state index is -0.568. The molecule has 3 aromatic heterocycles. The number of pyridine rings is 1. The Bertz CT molecular complexity index is 1210. The van der Waals surface area contributed by atoms with Crippen molar-refractivity contribution in [3.8, 4) is 21.6 Å². The number of ether oxygens (including phenoxy) is 1. The molecule has 0 aliphatic heterocycles. The van der Waals surface area contributed by atoms with E-state index in [0.717, 1.165) is 27.2 Å². The highest BCUT2D eigenvalue weighted by molar-refractivity contribution is 7.19. The van der Waals surface area contributed by atoms with Gasteiger partial charge in [0.1, 0.15) is 11.2 Å². The van der Waals surface area contributed by atoms with Crippen molar-refractivity contribution in [2.24, 2.45) is 0 Å².